The van der Waals surface area contributed by atoms with Crippen molar-refractivity contribution in [1.29, 1.82) is 0 Å². The molecule has 2 heterocycles. The monoisotopic (exact) mass is 489 g/mol. The number of rotatable bonds is 3. The maximum atomic E-state index is 13.3. The molecule has 1 saturated carbocycles. The Morgan fingerprint density at radius 2 is 1.62 bits per heavy atom. The molecule has 0 N–H and O–H groups in total. The standard InChI is InChI=1S/C23H23NO5S3/c1-11-6-9-13-14(10-11)24(19(25)12-7-8-12)23(2,3)18(30)15(13)22-31-16(20(26)28-4)17(32-22)21(27)29-5/h6,9-10,12H,7-8H2,1-5H3. The maximum absolute atomic E-state index is 13.3. The first kappa shape index (κ1) is 23.1. The van der Waals surface area contributed by atoms with Gasteiger partial charge in [-0.15, -0.1) is 0 Å². The molecular formula is C23H23NO5S3. The number of esters is 2. The number of ether oxygens (including phenoxy) is 2. The van der Waals surface area contributed by atoms with Crippen LogP contribution < -0.4 is 4.90 Å². The van der Waals surface area contributed by atoms with Crippen LogP contribution in [0, 0.1) is 12.8 Å². The van der Waals surface area contributed by atoms with Gasteiger partial charge in [-0.05, 0) is 45.2 Å². The highest BCUT2D eigenvalue weighted by molar-refractivity contribution is 8.29. The molecule has 0 unspecified atom stereocenters. The second-order valence-electron chi connectivity index (χ2n) is 8.36. The Morgan fingerprint density at radius 1 is 1.06 bits per heavy atom. The number of hydrogen-bond acceptors (Lipinski definition) is 8. The predicted octanol–water partition coefficient (Wildman–Crippen LogP) is 4.61. The van der Waals surface area contributed by atoms with Crippen LogP contribution in [0.15, 0.2) is 32.2 Å². The zero-order valence-corrected chi connectivity index (χ0v) is 20.9. The van der Waals surface area contributed by atoms with Crippen molar-refractivity contribution in [2.45, 2.75) is 39.2 Å². The summed E-state index contributed by atoms with van der Waals surface area (Å²) in [5.74, 6) is -1.08. The van der Waals surface area contributed by atoms with Crippen molar-refractivity contribution in [3.63, 3.8) is 0 Å². The highest BCUT2D eigenvalue weighted by Crippen LogP contribution is 2.56. The van der Waals surface area contributed by atoms with E-state index in [1.807, 2.05) is 43.9 Å². The summed E-state index contributed by atoms with van der Waals surface area (Å²) in [5.41, 5.74) is 2.66. The van der Waals surface area contributed by atoms with Crippen molar-refractivity contribution >= 4 is 69.7 Å². The van der Waals surface area contributed by atoms with Gasteiger partial charge in [-0.1, -0.05) is 47.9 Å². The molecule has 0 saturated heterocycles. The summed E-state index contributed by atoms with van der Waals surface area (Å²) in [6, 6.07) is 5.93. The minimum absolute atomic E-state index is 0.0355. The fraction of sp³-hybridized carbons (Fsp3) is 0.391. The number of amides is 1. The molecule has 1 fully saturated rings. The normalized spacial score (nSPS) is 19.8. The molecule has 1 aliphatic carbocycles. The summed E-state index contributed by atoms with van der Waals surface area (Å²) in [6.45, 7) is 5.88. The lowest BCUT2D eigenvalue weighted by Gasteiger charge is -2.45. The number of anilines is 1. The van der Waals surface area contributed by atoms with E-state index in [4.69, 9.17) is 21.7 Å². The van der Waals surface area contributed by atoms with Gasteiger partial charge in [0.1, 0.15) is 9.81 Å². The van der Waals surface area contributed by atoms with Crippen LogP contribution in [-0.4, -0.2) is 42.5 Å². The number of fused-ring (bicyclic) bond motifs is 1. The molecule has 4 rings (SSSR count). The van der Waals surface area contributed by atoms with Crippen LogP contribution in [0.5, 0.6) is 0 Å². The summed E-state index contributed by atoms with van der Waals surface area (Å²) >= 11 is 8.26. The Labute approximate surface area is 200 Å². The van der Waals surface area contributed by atoms with E-state index in [0.717, 1.165) is 58.8 Å². The van der Waals surface area contributed by atoms with Gasteiger partial charge in [-0.3, -0.25) is 4.79 Å². The number of nitrogens with zero attached hydrogens (tertiary/aromatic N) is 1. The molecule has 0 bridgehead atoms. The summed E-state index contributed by atoms with van der Waals surface area (Å²) in [6.07, 6.45) is 1.79. The molecule has 0 spiro atoms. The van der Waals surface area contributed by atoms with Crippen LogP contribution in [-0.2, 0) is 23.9 Å². The Kier molecular flexibility index (Phi) is 6.02. The van der Waals surface area contributed by atoms with Gasteiger partial charge < -0.3 is 14.4 Å². The smallest absolute Gasteiger partial charge is 0.346 e. The number of carbonyl (C=O) groups excluding carboxylic acids is 3. The van der Waals surface area contributed by atoms with Crippen molar-refractivity contribution < 1.29 is 23.9 Å². The number of aryl methyl sites for hydroxylation is 1. The van der Waals surface area contributed by atoms with Crippen LogP contribution in [0.25, 0.3) is 5.57 Å². The Balaban J connectivity index is 1.90. The van der Waals surface area contributed by atoms with E-state index in [9.17, 15) is 14.4 Å². The third-order valence-electron chi connectivity index (χ3n) is 5.69. The van der Waals surface area contributed by atoms with E-state index in [0.29, 0.717) is 9.10 Å². The molecule has 3 aliphatic rings. The number of thiocarbonyl (C=S) groups is 1. The summed E-state index contributed by atoms with van der Waals surface area (Å²) in [7, 11) is 2.54. The third kappa shape index (κ3) is 3.70. The average molecular weight is 490 g/mol. The van der Waals surface area contributed by atoms with Gasteiger partial charge in [0, 0.05) is 17.1 Å². The van der Waals surface area contributed by atoms with Crippen LogP contribution >= 0.6 is 35.7 Å². The number of thioether (sulfide) groups is 2. The summed E-state index contributed by atoms with van der Waals surface area (Å²) in [4.78, 5) is 40.8. The highest BCUT2D eigenvalue weighted by atomic mass is 32.2. The second kappa shape index (κ2) is 8.35. The van der Waals surface area contributed by atoms with E-state index >= 15 is 0 Å². The Hall–Kier alpha value is -2.10. The van der Waals surface area contributed by atoms with E-state index in [1.165, 1.54) is 14.2 Å². The predicted molar refractivity (Wildman–Crippen MR) is 131 cm³/mol. The van der Waals surface area contributed by atoms with Crippen molar-refractivity contribution in [1.82, 2.24) is 0 Å². The number of hydrogen-bond donors (Lipinski definition) is 0. The van der Waals surface area contributed by atoms with Gasteiger partial charge in [0.25, 0.3) is 0 Å². The first-order chi connectivity index (χ1) is 15.1. The Morgan fingerprint density at radius 3 is 2.12 bits per heavy atom. The molecular weight excluding hydrogens is 466 g/mol. The van der Waals surface area contributed by atoms with Gasteiger partial charge in [-0.2, -0.15) is 0 Å². The average Bonchev–Trinajstić information content (AvgIpc) is 3.52. The van der Waals surface area contributed by atoms with Gasteiger partial charge in [0.05, 0.1) is 34.5 Å². The molecule has 168 valence electrons. The van der Waals surface area contributed by atoms with E-state index in [1.54, 1.807) is 0 Å². The van der Waals surface area contributed by atoms with E-state index in [-0.39, 0.29) is 21.6 Å². The molecule has 2 aliphatic heterocycles. The van der Waals surface area contributed by atoms with Crippen LogP contribution in [0.2, 0.25) is 0 Å². The van der Waals surface area contributed by atoms with Crippen molar-refractivity contribution in [3.05, 3.63) is 43.4 Å². The van der Waals surface area contributed by atoms with E-state index in [2.05, 4.69) is 0 Å². The maximum Gasteiger partial charge on any atom is 0.346 e. The zero-order chi connectivity index (χ0) is 23.4. The molecule has 1 aromatic rings. The SMILES string of the molecule is COC(=O)C1=C(C(=O)OC)SC(=C2C(=S)C(C)(C)N(C(=O)C3CC3)c3cc(C)ccc32)S1. The summed E-state index contributed by atoms with van der Waals surface area (Å²) in [5, 5.41) is 0. The molecule has 0 aromatic heterocycles. The lowest BCUT2D eigenvalue weighted by Crippen LogP contribution is -2.56. The van der Waals surface area contributed by atoms with Crippen molar-refractivity contribution in [2.75, 3.05) is 19.1 Å². The lowest BCUT2D eigenvalue weighted by atomic mass is 9.82. The number of benzene rings is 1. The second-order valence-corrected chi connectivity index (χ2v) is 11.1. The lowest BCUT2D eigenvalue weighted by molar-refractivity contribution is -0.138. The minimum Gasteiger partial charge on any atom is -0.465 e. The van der Waals surface area contributed by atoms with E-state index < -0.39 is 17.5 Å². The minimum atomic E-state index is -0.751. The molecule has 0 radical (unpaired) electrons. The molecule has 9 heteroatoms. The summed E-state index contributed by atoms with van der Waals surface area (Å²) < 4.78 is 10.5. The van der Waals surface area contributed by atoms with Gasteiger partial charge >= 0.3 is 11.9 Å². The fourth-order valence-corrected chi connectivity index (χ4v) is 6.87. The number of methoxy groups -OCH3 is 2. The highest BCUT2D eigenvalue weighted by Gasteiger charge is 2.48. The molecule has 1 aromatic carbocycles. The first-order valence-electron chi connectivity index (χ1n) is 10.1. The van der Waals surface area contributed by atoms with Gasteiger partial charge in [0.15, 0.2) is 0 Å². The van der Waals surface area contributed by atoms with Crippen LogP contribution in [0.1, 0.15) is 37.8 Å². The van der Waals surface area contributed by atoms with Gasteiger partial charge in [0.2, 0.25) is 5.91 Å². The van der Waals surface area contributed by atoms with Crippen molar-refractivity contribution in [2.24, 2.45) is 5.92 Å². The number of carbonyl (C=O) groups is 3. The van der Waals surface area contributed by atoms with Gasteiger partial charge in [-0.25, -0.2) is 9.59 Å². The molecule has 0 atom stereocenters. The third-order valence-corrected chi connectivity index (χ3v) is 8.96. The first-order valence-corrected chi connectivity index (χ1v) is 12.2. The quantitative estimate of drug-likeness (QED) is 0.346. The largest absolute Gasteiger partial charge is 0.465 e. The zero-order valence-electron chi connectivity index (χ0n) is 18.4. The Bertz CT molecular complexity index is 1100. The fourth-order valence-electron chi connectivity index (χ4n) is 3.83. The van der Waals surface area contributed by atoms with Crippen LogP contribution in [0.4, 0.5) is 5.69 Å². The molecule has 32 heavy (non-hydrogen) atoms. The molecule has 1 amide bonds. The topological polar surface area (TPSA) is 72.9 Å². The molecule has 6 nitrogen and oxygen atoms in total. The van der Waals surface area contributed by atoms with Crippen LogP contribution in [0.3, 0.4) is 0 Å². The van der Waals surface area contributed by atoms with Crippen molar-refractivity contribution in [3.8, 4) is 0 Å².